The average Bonchev–Trinajstić information content (AvgIpc) is 2.96. The molecule has 0 spiro atoms. The maximum atomic E-state index is 13.7. The first-order valence-electron chi connectivity index (χ1n) is 7.48. The van der Waals surface area contributed by atoms with Crippen LogP contribution in [0.5, 0.6) is 0 Å². The van der Waals surface area contributed by atoms with Crippen molar-refractivity contribution in [2.24, 2.45) is 5.92 Å². The second kappa shape index (κ2) is 7.23. The average molecular weight is 417 g/mol. The Labute approximate surface area is 150 Å². The van der Waals surface area contributed by atoms with Crippen LogP contribution in [0.4, 0.5) is 8.78 Å². The molecular weight excluding hydrogens is 402 g/mol. The van der Waals surface area contributed by atoms with Gasteiger partial charge in [0, 0.05) is 17.7 Å². The fourth-order valence-corrected chi connectivity index (χ4v) is 4.74. The van der Waals surface area contributed by atoms with Gasteiger partial charge in [-0.3, -0.25) is 9.78 Å². The Morgan fingerprint density at radius 3 is 2.92 bits per heavy atom. The minimum absolute atomic E-state index is 0.137. The molecule has 2 aromatic rings. The van der Waals surface area contributed by atoms with Gasteiger partial charge in [0.15, 0.2) is 0 Å². The highest BCUT2D eigenvalue weighted by atomic mass is 79.9. The highest BCUT2D eigenvalue weighted by Crippen LogP contribution is 2.44. The third kappa shape index (κ3) is 3.49. The van der Waals surface area contributed by atoms with Crippen molar-refractivity contribution in [3.8, 4) is 10.6 Å². The number of pyridine rings is 1. The molecule has 3 atom stereocenters. The fourth-order valence-electron chi connectivity index (χ4n) is 3.05. The molecule has 0 radical (unpaired) electrons. The number of esters is 1. The van der Waals surface area contributed by atoms with Crippen LogP contribution in [0.2, 0.25) is 0 Å². The molecule has 0 saturated heterocycles. The van der Waals surface area contributed by atoms with E-state index < -0.39 is 23.9 Å². The number of rotatable bonds is 3. The lowest BCUT2D eigenvalue weighted by molar-refractivity contribution is -0.148. The lowest BCUT2D eigenvalue weighted by Crippen LogP contribution is -2.31. The van der Waals surface area contributed by atoms with Crippen molar-refractivity contribution in [1.82, 2.24) is 9.97 Å². The van der Waals surface area contributed by atoms with E-state index in [1.807, 2.05) is 0 Å². The normalized spacial score (nSPS) is 23.9. The molecule has 2 heterocycles. The van der Waals surface area contributed by atoms with E-state index in [0.717, 1.165) is 9.98 Å². The van der Waals surface area contributed by atoms with Crippen LogP contribution in [-0.2, 0) is 9.53 Å². The number of carbonyl (C=O) groups excluding carboxylic acids is 1. The van der Waals surface area contributed by atoms with E-state index in [2.05, 4.69) is 25.9 Å². The van der Waals surface area contributed by atoms with Crippen molar-refractivity contribution < 1.29 is 18.3 Å². The minimum Gasteiger partial charge on any atom is -0.469 e. The van der Waals surface area contributed by atoms with Gasteiger partial charge in [-0.05, 0) is 41.3 Å². The summed E-state index contributed by atoms with van der Waals surface area (Å²) in [6.45, 7) is 0. The van der Waals surface area contributed by atoms with E-state index >= 15 is 0 Å². The lowest BCUT2D eigenvalue weighted by Gasteiger charge is -2.30. The minimum atomic E-state index is -1.00. The SMILES string of the molecule is COC(=O)[C@@H]1C[C@@H](F)CC[C@H]1c1nc(-c2cncc(F)c2)sc1Br. The molecule has 0 unspecified atom stereocenters. The van der Waals surface area contributed by atoms with Gasteiger partial charge in [-0.1, -0.05) is 0 Å². The third-order valence-corrected chi connectivity index (χ3v) is 6.00. The van der Waals surface area contributed by atoms with Crippen molar-refractivity contribution in [2.75, 3.05) is 7.11 Å². The van der Waals surface area contributed by atoms with Crippen molar-refractivity contribution in [3.05, 3.63) is 33.8 Å². The smallest absolute Gasteiger partial charge is 0.309 e. The van der Waals surface area contributed by atoms with Crippen molar-refractivity contribution in [1.29, 1.82) is 0 Å². The number of ether oxygens (including phenoxy) is 1. The van der Waals surface area contributed by atoms with Gasteiger partial charge in [-0.2, -0.15) is 0 Å². The van der Waals surface area contributed by atoms with Gasteiger partial charge in [0.05, 0.1) is 28.7 Å². The summed E-state index contributed by atoms with van der Waals surface area (Å²) in [5, 5.41) is 0.606. The summed E-state index contributed by atoms with van der Waals surface area (Å²) in [5.74, 6) is -1.64. The molecule has 0 N–H and O–H groups in total. The number of alkyl halides is 1. The van der Waals surface area contributed by atoms with Crippen molar-refractivity contribution in [2.45, 2.75) is 31.4 Å². The van der Waals surface area contributed by atoms with Gasteiger partial charge in [-0.25, -0.2) is 13.8 Å². The molecule has 1 saturated carbocycles. The first-order valence-corrected chi connectivity index (χ1v) is 9.09. The van der Waals surface area contributed by atoms with E-state index in [9.17, 15) is 13.6 Å². The summed E-state index contributed by atoms with van der Waals surface area (Å²) in [5.41, 5.74) is 1.27. The molecule has 0 aliphatic heterocycles. The van der Waals surface area contributed by atoms with Gasteiger partial charge < -0.3 is 4.74 Å². The number of carbonyl (C=O) groups is 1. The Balaban J connectivity index is 1.95. The second-order valence-corrected chi connectivity index (χ2v) is 8.03. The van der Waals surface area contributed by atoms with Gasteiger partial charge in [0.25, 0.3) is 0 Å². The molecule has 4 nitrogen and oxygen atoms in total. The van der Waals surface area contributed by atoms with Crippen LogP contribution in [0.15, 0.2) is 22.2 Å². The predicted octanol–water partition coefficient (Wildman–Crippen LogP) is 4.50. The molecule has 3 rings (SSSR count). The summed E-state index contributed by atoms with van der Waals surface area (Å²) < 4.78 is 32.7. The number of hydrogen-bond donors (Lipinski definition) is 0. The number of methoxy groups -OCH3 is 1. The standard InChI is InChI=1S/C16H15BrF2N2O2S/c1-23-16(22)12-5-9(18)2-3-11(12)13-14(17)24-15(21-13)8-4-10(19)7-20-6-8/h4,6-7,9,11-12H,2-3,5H2,1H3/t9-,11+,12+/m0/s1. The Bertz CT molecular complexity index is 755. The summed E-state index contributed by atoms with van der Waals surface area (Å²) in [6.07, 6.45) is 2.70. The maximum Gasteiger partial charge on any atom is 0.309 e. The van der Waals surface area contributed by atoms with Crippen LogP contribution in [-0.4, -0.2) is 29.2 Å². The zero-order chi connectivity index (χ0) is 17.3. The Hall–Kier alpha value is -1.41. The first-order chi connectivity index (χ1) is 11.5. The summed E-state index contributed by atoms with van der Waals surface area (Å²) in [7, 11) is 1.31. The predicted molar refractivity (Wildman–Crippen MR) is 90.0 cm³/mol. The molecule has 0 bridgehead atoms. The number of thiazole rings is 1. The quantitative estimate of drug-likeness (QED) is 0.691. The molecule has 1 aliphatic carbocycles. The maximum absolute atomic E-state index is 13.7. The molecule has 128 valence electrons. The zero-order valence-electron chi connectivity index (χ0n) is 12.8. The number of nitrogens with zero attached hydrogens (tertiary/aromatic N) is 2. The second-order valence-electron chi connectivity index (χ2n) is 5.72. The monoisotopic (exact) mass is 416 g/mol. The van der Waals surface area contributed by atoms with E-state index in [0.29, 0.717) is 29.1 Å². The van der Waals surface area contributed by atoms with Crippen LogP contribution in [0.1, 0.15) is 30.9 Å². The van der Waals surface area contributed by atoms with Gasteiger partial charge in [-0.15, -0.1) is 11.3 Å². The van der Waals surface area contributed by atoms with E-state index in [4.69, 9.17) is 4.74 Å². The molecular formula is C16H15BrF2N2O2S. The Morgan fingerprint density at radius 1 is 1.42 bits per heavy atom. The fraction of sp³-hybridized carbons (Fsp3) is 0.438. The highest BCUT2D eigenvalue weighted by Gasteiger charge is 2.39. The molecule has 0 aromatic carbocycles. The van der Waals surface area contributed by atoms with Crippen LogP contribution in [0.25, 0.3) is 10.6 Å². The van der Waals surface area contributed by atoms with E-state index in [-0.39, 0.29) is 12.3 Å². The molecule has 2 aromatic heterocycles. The van der Waals surface area contributed by atoms with Crippen LogP contribution < -0.4 is 0 Å². The Morgan fingerprint density at radius 2 is 2.21 bits per heavy atom. The van der Waals surface area contributed by atoms with Crippen molar-refractivity contribution in [3.63, 3.8) is 0 Å². The number of aromatic nitrogens is 2. The summed E-state index contributed by atoms with van der Waals surface area (Å²) >= 11 is 4.82. The molecule has 1 aliphatic rings. The zero-order valence-corrected chi connectivity index (χ0v) is 15.2. The van der Waals surface area contributed by atoms with E-state index in [1.165, 1.54) is 30.7 Å². The summed E-state index contributed by atoms with van der Waals surface area (Å²) in [6, 6.07) is 1.36. The van der Waals surface area contributed by atoms with Gasteiger partial charge >= 0.3 is 5.97 Å². The number of hydrogen-bond acceptors (Lipinski definition) is 5. The molecule has 24 heavy (non-hydrogen) atoms. The largest absolute Gasteiger partial charge is 0.469 e. The van der Waals surface area contributed by atoms with Crippen LogP contribution >= 0.6 is 27.3 Å². The van der Waals surface area contributed by atoms with Crippen molar-refractivity contribution >= 4 is 33.2 Å². The van der Waals surface area contributed by atoms with Crippen LogP contribution in [0, 0.1) is 11.7 Å². The van der Waals surface area contributed by atoms with Gasteiger partial charge in [0.1, 0.15) is 17.0 Å². The van der Waals surface area contributed by atoms with Gasteiger partial charge in [0.2, 0.25) is 0 Å². The Kier molecular flexibility index (Phi) is 5.24. The van der Waals surface area contributed by atoms with Crippen LogP contribution in [0.3, 0.4) is 0 Å². The first kappa shape index (κ1) is 17.4. The lowest BCUT2D eigenvalue weighted by atomic mass is 9.77. The molecule has 1 fully saturated rings. The topological polar surface area (TPSA) is 52.1 Å². The third-order valence-electron chi connectivity index (χ3n) is 4.20. The van der Waals surface area contributed by atoms with E-state index in [1.54, 1.807) is 0 Å². The molecule has 0 amide bonds. The highest BCUT2D eigenvalue weighted by molar-refractivity contribution is 9.11. The number of halogens is 3. The molecule has 8 heteroatoms. The summed E-state index contributed by atoms with van der Waals surface area (Å²) in [4.78, 5) is 20.4.